The van der Waals surface area contributed by atoms with Crippen molar-refractivity contribution < 1.29 is 9.13 Å². The fourth-order valence-electron chi connectivity index (χ4n) is 1.84. The Morgan fingerprint density at radius 3 is 2.57 bits per heavy atom. The zero-order valence-electron chi connectivity index (χ0n) is 8.59. The second-order valence-corrected chi connectivity index (χ2v) is 4.16. The van der Waals surface area contributed by atoms with Crippen LogP contribution in [0.4, 0.5) is 4.39 Å². The van der Waals surface area contributed by atoms with Gasteiger partial charge in [-0.3, -0.25) is 0 Å². The van der Waals surface area contributed by atoms with E-state index >= 15 is 0 Å². The summed E-state index contributed by atoms with van der Waals surface area (Å²) in [5.41, 5.74) is 2.38. The quantitative estimate of drug-likeness (QED) is 0.703. The zero-order chi connectivity index (χ0) is 10.1. The normalized spacial score (nSPS) is 17.1. The van der Waals surface area contributed by atoms with E-state index in [2.05, 4.69) is 13.8 Å². The average molecular weight is 194 g/mol. The summed E-state index contributed by atoms with van der Waals surface area (Å²) in [6, 6.07) is 5.09. The monoisotopic (exact) mass is 194 g/mol. The van der Waals surface area contributed by atoms with E-state index in [9.17, 15) is 4.39 Å². The summed E-state index contributed by atoms with van der Waals surface area (Å²) in [7, 11) is 0. The number of benzene rings is 1. The van der Waals surface area contributed by atoms with Crippen molar-refractivity contribution in [2.75, 3.05) is 13.2 Å². The lowest BCUT2D eigenvalue weighted by Crippen LogP contribution is -2.26. The van der Waals surface area contributed by atoms with E-state index in [0.717, 1.165) is 18.8 Å². The molecule has 0 spiro atoms. The minimum absolute atomic E-state index is 0.142. The molecule has 1 aliphatic heterocycles. The molecule has 0 N–H and O–H groups in total. The van der Waals surface area contributed by atoms with Gasteiger partial charge in [0.25, 0.3) is 0 Å². The standard InChI is InChI=1S/C12H15FO/c1-8(2)11-4-3-10(13)5-12(11)9-6-14-7-9/h3-5,8-9H,6-7H2,1-2H3. The van der Waals surface area contributed by atoms with Crippen LogP contribution in [0, 0.1) is 5.82 Å². The van der Waals surface area contributed by atoms with Gasteiger partial charge in [-0.2, -0.15) is 0 Å². The lowest BCUT2D eigenvalue weighted by atomic mass is 9.88. The Kier molecular flexibility index (Phi) is 2.55. The summed E-state index contributed by atoms with van der Waals surface area (Å²) < 4.78 is 18.2. The molecule has 1 heterocycles. The minimum atomic E-state index is -0.142. The van der Waals surface area contributed by atoms with Crippen molar-refractivity contribution in [3.05, 3.63) is 35.1 Å². The second-order valence-electron chi connectivity index (χ2n) is 4.16. The predicted molar refractivity (Wildman–Crippen MR) is 54.0 cm³/mol. The van der Waals surface area contributed by atoms with E-state index in [4.69, 9.17) is 4.74 Å². The van der Waals surface area contributed by atoms with E-state index in [1.807, 2.05) is 6.07 Å². The highest BCUT2D eigenvalue weighted by Gasteiger charge is 2.24. The van der Waals surface area contributed by atoms with Crippen LogP contribution < -0.4 is 0 Å². The smallest absolute Gasteiger partial charge is 0.123 e. The highest BCUT2D eigenvalue weighted by molar-refractivity contribution is 5.34. The first-order chi connectivity index (χ1) is 6.68. The van der Waals surface area contributed by atoms with Crippen molar-refractivity contribution in [3.63, 3.8) is 0 Å². The number of ether oxygens (including phenoxy) is 1. The molecule has 0 atom stereocenters. The molecular formula is C12H15FO. The van der Waals surface area contributed by atoms with Gasteiger partial charge in [-0.05, 0) is 29.2 Å². The SMILES string of the molecule is CC(C)c1ccc(F)cc1C1COC1. The topological polar surface area (TPSA) is 9.23 Å². The third-order valence-electron chi connectivity index (χ3n) is 2.75. The van der Waals surface area contributed by atoms with Gasteiger partial charge in [-0.25, -0.2) is 4.39 Å². The Bertz CT molecular complexity index is 329. The van der Waals surface area contributed by atoms with Crippen molar-refractivity contribution in [3.8, 4) is 0 Å². The Hall–Kier alpha value is -0.890. The van der Waals surface area contributed by atoms with Gasteiger partial charge in [0.1, 0.15) is 5.82 Å². The lowest BCUT2D eigenvalue weighted by molar-refractivity contribution is 0.00789. The maximum Gasteiger partial charge on any atom is 0.123 e. The number of rotatable bonds is 2. The highest BCUT2D eigenvalue weighted by atomic mass is 19.1. The molecular weight excluding hydrogens is 179 g/mol. The van der Waals surface area contributed by atoms with Crippen molar-refractivity contribution in [2.24, 2.45) is 0 Å². The molecule has 14 heavy (non-hydrogen) atoms. The summed E-state index contributed by atoms with van der Waals surface area (Å²) in [4.78, 5) is 0. The van der Waals surface area contributed by atoms with Crippen molar-refractivity contribution >= 4 is 0 Å². The summed E-state index contributed by atoms with van der Waals surface area (Å²) >= 11 is 0. The maximum atomic E-state index is 13.1. The summed E-state index contributed by atoms with van der Waals surface area (Å²) in [5.74, 6) is 0.714. The van der Waals surface area contributed by atoms with Crippen LogP contribution in [-0.4, -0.2) is 13.2 Å². The Morgan fingerprint density at radius 2 is 2.07 bits per heavy atom. The number of hydrogen-bond donors (Lipinski definition) is 0. The first-order valence-electron chi connectivity index (χ1n) is 5.05. The summed E-state index contributed by atoms with van der Waals surface area (Å²) in [6.45, 7) is 5.75. The van der Waals surface area contributed by atoms with Gasteiger partial charge >= 0.3 is 0 Å². The molecule has 0 bridgehead atoms. The molecule has 1 aromatic rings. The van der Waals surface area contributed by atoms with Crippen LogP contribution in [0.5, 0.6) is 0 Å². The van der Waals surface area contributed by atoms with Crippen LogP contribution >= 0.6 is 0 Å². The fraction of sp³-hybridized carbons (Fsp3) is 0.500. The molecule has 1 saturated heterocycles. The van der Waals surface area contributed by atoms with Gasteiger partial charge in [0.15, 0.2) is 0 Å². The molecule has 76 valence electrons. The average Bonchev–Trinajstić information content (AvgIpc) is 2.00. The minimum Gasteiger partial charge on any atom is -0.380 e. The van der Waals surface area contributed by atoms with E-state index in [1.165, 1.54) is 5.56 Å². The molecule has 0 aromatic heterocycles. The van der Waals surface area contributed by atoms with Crippen LogP contribution in [-0.2, 0) is 4.74 Å². The lowest BCUT2D eigenvalue weighted by Gasteiger charge is -2.29. The zero-order valence-corrected chi connectivity index (χ0v) is 8.59. The van der Waals surface area contributed by atoms with Gasteiger partial charge < -0.3 is 4.74 Å². The van der Waals surface area contributed by atoms with Gasteiger partial charge in [0, 0.05) is 5.92 Å². The summed E-state index contributed by atoms with van der Waals surface area (Å²) in [5, 5.41) is 0. The van der Waals surface area contributed by atoms with E-state index in [-0.39, 0.29) is 5.82 Å². The Labute approximate surface area is 83.9 Å². The first kappa shape index (κ1) is 9.66. The molecule has 0 saturated carbocycles. The summed E-state index contributed by atoms with van der Waals surface area (Å²) in [6.07, 6.45) is 0. The van der Waals surface area contributed by atoms with Crippen LogP contribution in [0.2, 0.25) is 0 Å². The van der Waals surface area contributed by atoms with Crippen LogP contribution in [0.3, 0.4) is 0 Å². The molecule has 1 aliphatic rings. The van der Waals surface area contributed by atoms with Gasteiger partial charge in [-0.1, -0.05) is 19.9 Å². The van der Waals surface area contributed by atoms with Crippen molar-refractivity contribution in [1.82, 2.24) is 0 Å². The molecule has 0 unspecified atom stereocenters. The van der Waals surface area contributed by atoms with E-state index < -0.39 is 0 Å². The second kappa shape index (κ2) is 3.70. The van der Waals surface area contributed by atoms with Gasteiger partial charge in [-0.15, -0.1) is 0 Å². The van der Waals surface area contributed by atoms with Crippen LogP contribution in [0.25, 0.3) is 0 Å². The Balaban J connectivity index is 2.37. The number of hydrogen-bond acceptors (Lipinski definition) is 1. The van der Waals surface area contributed by atoms with E-state index in [1.54, 1.807) is 12.1 Å². The van der Waals surface area contributed by atoms with Crippen LogP contribution in [0.15, 0.2) is 18.2 Å². The number of halogens is 1. The molecule has 0 amide bonds. The maximum absolute atomic E-state index is 13.1. The van der Waals surface area contributed by atoms with Gasteiger partial charge in [0.2, 0.25) is 0 Å². The molecule has 1 aromatic carbocycles. The fourth-order valence-corrected chi connectivity index (χ4v) is 1.84. The van der Waals surface area contributed by atoms with Crippen molar-refractivity contribution in [2.45, 2.75) is 25.7 Å². The molecule has 0 radical (unpaired) electrons. The molecule has 2 rings (SSSR count). The third kappa shape index (κ3) is 1.67. The predicted octanol–water partition coefficient (Wildman–Crippen LogP) is 3.06. The first-order valence-corrected chi connectivity index (χ1v) is 5.05. The largest absolute Gasteiger partial charge is 0.380 e. The van der Waals surface area contributed by atoms with Gasteiger partial charge in [0.05, 0.1) is 13.2 Å². The Morgan fingerprint density at radius 1 is 1.36 bits per heavy atom. The molecule has 2 heteroatoms. The van der Waals surface area contributed by atoms with Crippen LogP contribution in [0.1, 0.15) is 36.8 Å². The molecule has 1 nitrogen and oxygen atoms in total. The third-order valence-corrected chi connectivity index (χ3v) is 2.75. The molecule has 1 fully saturated rings. The molecule has 0 aliphatic carbocycles. The van der Waals surface area contributed by atoms with E-state index in [0.29, 0.717) is 11.8 Å². The van der Waals surface area contributed by atoms with Crippen molar-refractivity contribution in [1.29, 1.82) is 0 Å². The highest BCUT2D eigenvalue weighted by Crippen LogP contribution is 2.31.